The van der Waals surface area contributed by atoms with Crippen LogP contribution in [0.25, 0.3) is 0 Å². The van der Waals surface area contributed by atoms with Crippen LogP contribution in [0, 0.1) is 13.8 Å². The van der Waals surface area contributed by atoms with Crippen LogP contribution in [-0.2, 0) is 9.59 Å². The van der Waals surface area contributed by atoms with Crippen molar-refractivity contribution in [1.82, 2.24) is 10.2 Å². The fourth-order valence-corrected chi connectivity index (χ4v) is 4.22. The Morgan fingerprint density at radius 3 is 2.48 bits per heavy atom. The Bertz CT molecular complexity index is 812. The van der Waals surface area contributed by atoms with Crippen LogP contribution in [0.1, 0.15) is 67.0 Å². The number of nitrogens with one attached hydrogen (secondary N) is 2. The molecular formula is C20H26N4O2S. The van der Waals surface area contributed by atoms with Crippen molar-refractivity contribution < 1.29 is 9.59 Å². The maximum Gasteiger partial charge on any atom is 0.226 e. The van der Waals surface area contributed by atoms with E-state index in [9.17, 15) is 9.59 Å². The summed E-state index contributed by atoms with van der Waals surface area (Å²) in [6, 6.07) is 5.90. The van der Waals surface area contributed by atoms with E-state index in [2.05, 4.69) is 20.8 Å². The van der Waals surface area contributed by atoms with Crippen LogP contribution in [0.4, 0.5) is 10.8 Å². The molecule has 0 atom stereocenters. The van der Waals surface area contributed by atoms with E-state index in [1.165, 1.54) is 30.6 Å². The van der Waals surface area contributed by atoms with Crippen molar-refractivity contribution in [2.75, 3.05) is 10.6 Å². The van der Waals surface area contributed by atoms with Gasteiger partial charge < -0.3 is 10.6 Å². The van der Waals surface area contributed by atoms with Gasteiger partial charge in [-0.3, -0.25) is 9.59 Å². The second-order valence-electron chi connectivity index (χ2n) is 7.20. The first-order chi connectivity index (χ1) is 13.0. The SMILES string of the molecule is Cc1ccc(C)c(NC(=O)CCC(=O)Nc2nnc(C3CCCCC3)s2)c1. The van der Waals surface area contributed by atoms with Gasteiger partial charge in [-0.15, -0.1) is 10.2 Å². The lowest BCUT2D eigenvalue weighted by molar-refractivity contribution is -0.121. The van der Waals surface area contributed by atoms with Gasteiger partial charge in [0.1, 0.15) is 5.01 Å². The number of rotatable bonds is 6. The van der Waals surface area contributed by atoms with Gasteiger partial charge in [0, 0.05) is 24.4 Å². The third-order valence-electron chi connectivity index (χ3n) is 4.89. The molecule has 3 rings (SSSR count). The highest BCUT2D eigenvalue weighted by Crippen LogP contribution is 2.35. The Balaban J connectivity index is 1.46. The minimum absolute atomic E-state index is 0.120. The van der Waals surface area contributed by atoms with Crippen molar-refractivity contribution in [1.29, 1.82) is 0 Å². The zero-order valence-corrected chi connectivity index (χ0v) is 16.7. The maximum absolute atomic E-state index is 12.1. The number of benzene rings is 1. The molecule has 0 aliphatic heterocycles. The van der Waals surface area contributed by atoms with Gasteiger partial charge in [0.15, 0.2) is 0 Å². The van der Waals surface area contributed by atoms with Gasteiger partial charge in [0.05, 0.1) is 0 Å². The van der Waals surface area contributed by atoms with E-state index < -0.39 is 0 Å². The van der Waals surface area contributed by atoms with Crippen molar-refractivity contribution in [3.63, 3.8) is 0 Å². The Morgan fingerprint density at radius 1 is 1.04 bits per heavy atom. The smallest absolute Gasteiger partial charge is 0.226 e. The van der Waals surface area contributed by atoms with E-state index in [4.69, 9.17) is 0 Å². The molecule has 1 aromatic carbocycles. The zero-order chi connectivity index (χ0) is 19.2. The number of carbonyl (C=O) groups excluding carboxylic acids is 2. The molecule has 7 heteroatoms. The number of aryl methyl sites for hydroxylation is 2. The molecule has 144 valence electrons. The van der Waals surface area contributed by atoms with Crippen molar-refractivity contribution in [2.45, 2.75) is 64.7 Å². The zero-order valence-electron chi connectivity index (χ0n) is 15.9. The predicted octanol–water partition coefficient (Wildman–Crippen LogP) is 4.56. The quantitative estimate of drug-likeness (QED) is 0.762. The summed E-state index contributed by atoms with van der Waals surface area (Å²) in [4.78, 5) is 24.3. The third kappa shape index (κ3) is 5.60. The first-order valence-electron chi connectivity index (χ1n) is 9.51. The van der Waals surface area contributed by atoms with E-state index in [0.29, 0.717) is 11.0 Å². The predicted molar refractivity (Wildman–Crippen MR) is 108 cm³/mol. The molecule has 0 saturated heterocycles. The molecule has 2 N–H and O–H groups in total. The van der Waals surface area contributed by atoms with Crippen LogP contribution in [0.2, 0.25) is 0 Å². The molecule has 2 aromatic rings. The summed E-state index contributed by atoms with van der Waals surface area (Å²) < 4.78 is 0. The maximum atomic E-state index is 12.1. The van der Waals surface area contributed by atoms with Gasteiger partial charge in [0.2, 0.25) is 16.9 Å². The number of amides is 2. The molecule has 0 spiro atoms. The second kappa shape index (κ2) is 9.08. The summed E-state index contributed by atoms with van der Waals surface area (Å²) in [7, 11) is 0. The van der Waals surface area contributed by atoms with Crippen LogP contribution in [0.5, 0.6) is 0 Å². The van der Waals surface area contributed by atoms with Crippen LogP contribution < -0.4 is 10.6 Å². The topological polar surface area (TPSA) is 84.0 Å². The fourth-order valence-electron chi connectivity index (χ4n) is 3.29. The molecule has 0 radical (unpaired) electrons. The highest BCUT2D eigenvalue weighted by molar-refractivity contribution is 7.15. The van der Waals surface area contributed by atoms with Crippen molar-refractivity contribution >= 4 is 34.0 Å². The lowest BCUT2D eigenvalue weighted by Crippen LogP contribution is -2.17. The molecule has 1 aliphatic rings. The third-order valence-corrected chi connectivity index (χ3v) is 5.89. The lowest BCUT2D eigenvalue weighted by atomic mass is 9.90. The minimum atomic E-state index is -0.211. The average molecular weight is 387 g/mol. The average Bonchev–Trinajstić information content (AvgIpc) is 3.12. The molecule has 1 aromatic heterocycles. The summed E-state index contributed by atoms with van der Waals surface area (Å²) in [6.07, 6.45) is 6.33. The highest BCUT2D eigenvalue weighted by Gasteiger charge is 2.20. The summed E-state index contributed by atoms with van der Waals surface area (Å²) >= 11 is 1.45. The van der Waals surface area contributed by atoms with E-state index in [1.807, 2.05) is 32.0 Å². The van der Waals surface area contributed by atoms with Gasteiger partial charge >= 0.3 is 0 Å². The molecule has 1 saturated carbocycles. The van der Waals surface area contributed by atoms with Gasteiger partial charge in [-0.1, -0.05) is 42.7 Å². The second-order valence-corrected chi connectivity index (χ2v) is 8.20. The van der Waals surface area contributed by atoms with Crippen molar-refractivity contribution in [3.8, 4) is 0 Å². The van der Waals surface area contributed by atoms with E-state index in [1.54, 1.807) is 0 Å². The molecule has 0 unspecified atom stereocenters. The Hall–Kier alpha value is -2.28. The molecule has 27 heavy (non-hydrogen) atoms. The summed E-state index contributed by atoms with van der Waals surface area (Å²) in [5.74, 6) is 0.0988. The number of nitrogens with zero attached hydrogens (tertiary/aromatic N) is 2. The monoisotopic (exact) mass is 386 g/mol. The molecule has 2 amide bonds. The summed E-state index contributed by atoms with van der Waals surface area (Å²) in [5.41, 5.74) is 2.88. The Kier molecular flexibility index (Phi) is 6.55. The molecule has 6 nitrogen and oxygen atoms in total. The van der Waals surface area contributed by atoms with Crippen LogP contribution in [0.3, 0.4) is 0 Å². The fraction of sp³-hybridized carbons (Fsp3) is 0.500. The van der Waals surface area contributed by atoms with E-state index in [-0.39, 0.29) is 24.7 Å². The number of hydrogen-bond acceptors (Lipinski definition) is 5. The van der Waals surface area contributed by atoms with E-state index >= 15 is 0 Å². The first-order valence-corrected chi connectivity index (χ1v) is 10.3. The standard InChI is InChI=1S/C20H26N4O2S/c1-13-8-9-14(2)16(12-13)21-17(25)10-11-18(26)22-20-24-23-19(27-20)15-6-4-3-5-7-15/h8-9,12,15H,3-7,10-11H2,1-2H3,(H,21,25)(H,22,24,26). The van der Waals surface area contributed by atoms with Gasteiger partial charge in [-0.25, -0.2) is 0 Å². The normalized spacial score (nSPS) is 14.7. The molecule has 1 aliphatic carbocycles. The first kappa shape index (κ1) is 19.5. The van der Waals surface area contributed by atoms with Crippen molar-refractivity contribution in [3.05, 3.63) is 34.3 Å². The van der Waals surface area contributed by atoms with Gasteiger partial charge in [-0.2, -0.15) is 0 Å². The number of carbonyl (C=O) groups is 2. The summed E-state index contributed by atoms with van der Waals surface area (Å²) in [5, 5.41) is 15.5. The highest BCUT2D eigenvalue weighted by atomic mass is 32.1. The van der Waals surface area contributed by atoms with Gasteiger partial charge in [-0.05, 0) is 43.9 Å². The number of anilines is 2. The van der Waals surface area contributed by atoms with Crippen LogP contribution >= 0.6 is 11.3 Å². The summed E-state index contributed by atoms with van der Waals surface area (Å²) in [6.45, 7) is 3.92. The van der Waals surface area contributed by atoms with Crippen LogP contribution in [0.15, 0.2) is 18.2 Å². The Labute approximate surface area is 163 Å². The Morgan fingerprint density at radius 2 is 1.74 bits per heavy atom. The molecule has 1 fully saturated rings. The molecule has 0 bridgehead atoms. The van der Waals surface area contributed by atoms with Crippen LogP contribution in [-0.4, -0.2) is 22.0 Å². The number of aromatic nitrogens is 2. The minimum Gasteiger partial charge on any atom is -0.326 e. The number of hydrogen-bond donors (Lipinski definition) is 2. The largest absolute Gasteiger partial charge is 0.326 e. The molecular weight excluding hydrogens is 360 g/mol. The lowest BCUT2D eigenvalue weighted by Gasteiger charge is -2.18. The van der Waals surface area contributed by atoms with Crippen molar-refractivity contribution in [2.24, 2.45) is 0 Å². The van der Waals surface area contributed by atoms with Gasteiger partial charge in [0.25, 0.3) is 0 Å². The molecule has 1 heterocycles. The van der Waals surface area contributed by atoms with E-state index in [0.717, 1.165) is 34.7 Å².